The number of ether oxygens (including phenoxy) is 1. The first-order valence-corrected chi connectivity index (χ1v) is 5.89. The van der Waals surface area contributed by atoms with Crippen LogP contribution < -0.4 is 5.32 Å². The molecule has 0 amide bonds. The number of hydrogen-bond donors (Lipinski definition) is 1. The van der Waals surface area contributed by atoms with E-state index in [0.29, 0.717) is 0 Å². The predicted octanol–water partition coefficient (Wildman–Crippen LogP) is 3.72. The average Bonchev–Trinajstić information content (AvgIpc) is 2.35. The molecule has 1 unspecified atom stereocenters. The number of esters is 1. The highest BCUT2D eigenvalue weighted by Crippen LogP contribution is 2.38. The molecule has 0 aliphatic heterocycles. The molecule has 19 heavy (non-hydrogen) atoms. The highest BCUT2D eigenvalue weighted by Gasteiger charge is 2.35. The van der Waals surface area contributed by atoms with Crippen LogP contribution in [0.15, 0.2) is 18.2 Å². The molecule has 1 atom stereocenters. The quantitative estimate of drug-likeness (QED) is 0.860. The van der Waals surface area contributed by atoms with Crippen LogP contribution >= 0.6 is 11.6 Å². The summed E-state index contributed by atoms with van der Waals surface area (Å²) >= 11 is 5.77. The van der Waals surface area contributed by atoms with Crippen LogP contribution in [0, 0.1) is 0 Å². The van der Waals surface area contributed by atoms with Crippen molar-refractivity contribution in [2.24, 2.45) is 0 Å². The Hall–Kier alpha value is -1.43. The lowest BCUT2D eigenvalue weighted by Crippen LogP contribution is -2.31. The van der Waals surface area contributed by atoms with Crippen molar-refractivity contribution in [2.75, 3.05) is 12.4 Å². The van der Waals surface area contributed by atoms with Crippen LogP contribution in [-0.4, -0.2) is 19.1 Å². The number of carbonyl (C=O) groups is 1. The summed E-state index contributed by atoms with van der Waals surface area (Å²) in [5.41, 5.74) is -1.23. The van der Waals surface area contributed by atoms with Crippen molar-refractivity contribution in [2.45, 2.75) is 25.6 Å². The zero-order chi connectivity index (χ0) is 14.6. The monoisotopic (exact) mass is 295 g/mol. The van der Waals surface area contributed by atoms with Gasteiger partial charge in [0.2, 0.25) is 0 Å². The maximum Gasteiger partial charge on any atom is 0.418 e. The zero-order valence-corrected chi connectivity index (χ0v) is 11.1. The fraction of sp³-hybridized carbons (Fsp3) is 0.417. The van der Waals surface area contributed by atoms with Gasteiger partial charge >= 0.3 is 12.1 Å². The molecule has 0 aliphatic carbocycles. The van der Waals surface area contributed by atoms with Gasteiger partial charge in [-0.2, -0.15) is 13.2 Å². The van der Waals surface area contributed by atoms with Gasteiger partial charge in [0.15, 0.2) is 0 Å². The van der Waals surface area contributed by atoms with Crippen molar-refractivity contribution in [1.29, 1.82) is 0 Å². The maximum absolute atomic E-state index is 12.9. The molecule has 0 fully saturated rings. The lowest BCUT2D eigenvalue weighted by Gasteiger charge is -2.20. The first-order chi connectivity index (χ1) is 8.81. The fourth-order valence-electron chi connectivity index (χ4n) is 1.55. The van der Waals surface area contributed by atoms with E-state index in [1.54, 1.807) is 6.92 Å². The minimum absolute atomic E-state index is 0.0998. The van der Waals surface area contributed by atoms with Crippen LogP contribution in [0.3, 0.4) is 0 Å². The second kappa shape index (κ2) is 6.14. The van der Waals surface area contributed by atoms with Gasteiger partial charge in [-0.1, -0.05) is 24.6 Å². The van der Waals surface area contributed by atoms with Gasteiger partial charge in [0.05, 0.1) is 23.4 Å². The summed E-state index contributed by atoms with van der Waals surface area (Å²) < 4.78 is 43.1. The lowest BCUT2D eigenvalue weighted by atomic mass is 10.1. The van der Waals surface area contributed by atoms with Gasteiger partial charge in [0.1, 0.15) is 6.04 Å². The fourth-order valence-corrected chi connectivity index (χ4v) is 1.78. The van der Waals surface area contributed by atoms with Crippen molar-refractivity contribution in [3.63, 3.8) is 0 Å². The van der Waals surface area contributed by atoms with Crippen LogP contribution in [0.5, 0.6) is 0 Å². The SMILES string of the molecule is CCC(Nc1c(Cl)cccc1C(F)(F)F)C(=O)OC. The third-order valence-corrected chi connectivity index (χ3v) is 2.85. The number of anilines is 1. The molecule has 0 aliphatic rings. The largest absolute Gasteiger partial charge is 0.467 e. The van der Waals surface area contributed by atoms with E-state index in [0.717, 1.165) is 6.07 Å². The number of hydrogen-bond acceptors (Lipinski definition) is 3. The Kier molecular flexibility index (Phi) is 5.05. The number of nitrogens with one attached hydrogen (secondary N) is 1. The van der Waals surface area contributed by atoms with E-state index in [1.807, 2.05) is 0 Å². The number of carbonyl (C=O) groups excluding carboxylic acids is 1. The molecule has 0 aromatic heterocycles. The predicted molar refractivity (Wildman–Crippen MR) is 66.2 cm³/mol. The second-order valence-corrected chi connectivity index (χ2v) is 4.20. The molecule has 0 bridgehead atoms. The third kappa shape index (κ3) is 3.76. The van der Waals surface area contributed by atoms with Gasteiger partial charge < -0.3 is 10.1 Å². The first kappa shape index (κ1) is 15.6. The van der Waals surface area contributed by atoms with E-state index < -0.39 is 23.8 Å². The number of rotatable bonds is 4. The highest BCUT2D eigenvalue weighted by atomic mass is 35.5. The van der Waals surface area contributed by atoms with E-state index >= 15 is 0 Å². The van der Waals surface area contributed by atoms with Crippen molar-refractivity contribution in [1.82, 2.24) is 0 Å². The Labute approximate surface area is 113 Å². The molecule has 3 nitrogen and oxygen atoms in total. The van der Waals surface area contributed by atoms with Gasteiger partial charge in [-0.05, 0) is 18.6 Å². The van der Waals surface area contributed by atoms with Gasteiger partial charge in [-0.3, -0.25) is 0 Å². The summed E-state index contributed by atoms with van der Waals surface area (Å²) in [6.07, 6.45) is -4.28. The van der Waals surface area contributed by atoms with Gasteiger partial charge in [-0.25, -0.2) is 4.79 Å². The van der Waals surface area contributed by atoms with Crippen LogP contribution in [0.25, 0.3) is 0 Å². The van der Waals surface area contributed by atoms with Crippen molar-refractivity contribution < 1.29 is 22.7 Å². The molecule has 1 rings (SSSR count). The number of alkyl halides is 3. The Balaban J connectivity index is 3.16. The molecule has 106 valence electrons. The topological polar surface area (TPSA) is 38.3 Å². The second-order valence-electron chi connectivity index (χ2n) is 3.79. The summed E-state index contributed by atoms with van der Waals surface area (Å²) in [6, 6.07) is 2.54. The van der Waals surface area contributed by atoms with E-state index in [4.69, 9.17) is 11.6 Å². The number of halogens is 4. The number of methoxy groups -OCH3 is 1. The van der Waals surface area contributed by atoms with Crippen molar-refractivity contribution in [3.05, 3.63) is 28.8 Å². The summed E-state index contributed by atoms with van der Waals surface area (Å²) in [5.74, 6) is -0.643. The maximum atomic E-state index is 12.9. The summed E-state index contributed by atoms with van der Waals surface area (Å²) in [5, 5.41) is 2.40. The third-order valence-electron chi connectivity index (χ3n) is 2.53. The van der Waals surface area contributed by atoms with Crippen LogP contribution in [0.2, 0.25) is 5.02 Å². The summed E-state index contributed by atoms with van der Waals surface area (Å²) in [4.78, 5) is 11.4. The molecule has 0 radical (unpaired) electrons. The molecule has 1 N–H and O–H groups in total. The minimum atomic E-state index is -4.55. The number of para-hydroxylation sites is 1. The van der Waals surface area contributed by atoms with Crippen LogP contribution in [0.1, 0.15) is 18.9 Å². The Bertz CT molecular complexity index is 463. The molecule has 0 saturated carbocycles. The minimum Gasteiger partial charge on any atom is -0.467 e. The van der Waals surface area contributed by atoms with Crippen molar-refractivity contribution in [3.8, 4) is 0 Å². The summed E-state index contributed by atoms with van der Waals surface area (Å²) in [6.45, 7) is 1.65. The molecular weight excluding hydrogens is 283 g/mol. The van der Waals surface area contributed by atoms with Gasteiger partial charge in [0.25, 0.3) is 0 Å². The Morgan fingerprint density at radius 1 is 1.47 bits per heavy atom. The van der Waals surface area contributed by atoms with E-state index in [9.17, 15) is 18.0 Å². The van der Waals surface area contributed by atoms with Gasteiger partial charge in [0, 0.05) is 0 Å². The van der Waals surface area contributed by atoms with E-state index in [1.165, 1.54) is 19.2 Å². The lowest BCUT2D eigenvalue weighted by molar-refractivity contribution is -0.142. The smallest absolute Gasteiger partial charge is 0.418 e. The normalized spacial score (nSPS) is 12.9. The Morgan fingerprint density at radius 3 is 2.58 bits per heavy atom. The standard InChI is InChI=1S/C12H13ClF3NO2/c1-3-9(11(18)19-2)17-10-7(12(14,15)16)5-4-6-8(10)13/h4-6,9,17H,3H2,1-2H3. The molecule has 1 aromatic carbocycles. The summed E-state index contributed by atoms with van der Waals surface area (Å²) in [7, 11) is 1.17. The highest BCUT2D eigenvalue weighted by molar-refractivity contribution is 6.33. The zero-order valence-electron chi connectivity index (χ0n) is 10.3. The average molecular weight is 296 g/mol. The van der Waals surface area contributed by atoms with Crippen molar-refractivity contribution >= 4 is 23.3 Å². The van der Waals surface area contributed by atoms with Gasteiger partial charge in [-0.15, -0.1) is 0 Å². The molecular formula is C12H13ClF3NO2. The van der Waals surface area contributed by atoms with Crippen LogP contribution in [-0.2, 0) is 15.7 Å². The van der Waals surface area contributed by atoms with E-state index in [2.05, 4.69) is 10.1 Å². The molecule has 0 saturated heterocycles. The molecule has 0 spiro atoms. The first-order valence-electron chi connectivity index (χ1n) is 5.51. The van der Waals surface area contributed by atoms with Crippen LogP contribution in [0.4, 0.5) is 18.9 Å². The van der Waals surface area contributed by atoms with E-state index in [-0.39, 0.29) is 17.1 Å². The molecule has 1 aromatic rings. The Morgan fingerprint density at radius 2 is 2.11 bits per heavy atom. The molecule has 7 heteroatoms. The molecule has 0 heterocycles. The number of benzene rings is 1.